The lowest BCUT2D eigenvalue weighted by Gasteiger charge is -2.24. The zero-order chi connectivity index (χ0) is 19.4. The predicted molar refractivity (Wildman–Crippen MR) is 104 cm³/mol. The number of hydrogen-bond acceptors (Lipinski definition) is 4. The van der Waals surface area contributed by atoms with Gasteiger partial charge in [-0.3, -0.25) is 4.79 Å². The summed E-state index contributed by atoms with van der Waals surface area (Å²) >= 11 is 5.85. The van der Waals surface area contributed by atoms with Crippen LogP contribution in [0, 0.1) is 5.41 Å². The zero-order valence-electron chi connectivity index (χ0n) is 14.6. The van der Waals surface area contributed by atoms with Crippen LogP contribution in [0.3, 0.4) is 0 Å². The van der Waals surface area contributed by atoms with Crippen molar-refractivity contribution in [3.63, 3.8) is 0 Å². The minimum Gasteiger partial charge on any atom is -0.351 e. The van der Waals surface area contributed by atoms with Crippen LogP contribution >= 0.6 is 11.6 Å². The van der Waals surface area contributed by atoms with Crippen LogP contribution in [0.4, 0.5) is 0 Å². The predicted octanol–water partition coefficient (Wildman–Crippen LogP) is 3.36. The lowest BCUT2D eigenvalue weighted by atomic mass is 9.83. The maximum absolute atomic E-state index is 12.6. The van der Waals surface area contributed by atoms with E-state index in [0.29, 0.717) is 17.1 Å². The van der Waals surface area contributed by atoms with Gasteiger partial charge in [-0.05, 0) is 49.2 Å². The molecule has 2 rings (SSSR count). The monoisotopic (exact) mass is 392 g/mol. The molecule has 0 aliphatic rings. The topological polar surface area (TPSA) is 87.1 Å². The highest BCUT2D eigenvalue weighted by Gasteiger charge is 2.29. The lowest BCUT2D eigenvalue weighted by molar-refractivity contribution is -0.125. The van der Waals surface area contributed by atoms with Crippen molar-refractivity contribution in [1.82, 2.24) is 5.32 Å². The third-order valence-electron chi connectivity index (χ3n) is 4.17. The summed E-state index contributed by atoms with van der Waals surface area (Å²) in [4.78, 5) is 12.7. The molecule has 0 saturated carbocycles. The van der Waals surface area contributed by atoms with E-state index in [-0.39, 0.29) is 16.6 Å². The number of sulfone groups is 1. The number of benzene rings is 2. The van der Waals surface area contributed by atoms with Gasteiger partial charge in [0.05, 0.1) is 16.1 Å². The number of halogens is 1. The Bertz CT molecular complexity index is 889. The molecule has 0 spiro atoms. The van der Waals surface area contributed by atoms with E-state index in [1.165, 1.54) is 12.1 Å². The van der Waals surface area contributed by atoms with Crippen molar-refractivity contribution in [3.8, 4) is 0 Å². The molecule has 0 aromatic heterocycles. The van der Waals surface area contributed by atoms with Gasteiger partial charge in [-0.2, -0.15) is 0 Å². The minimum atomic E-state index is -3.50. The molecule has 2 aromatic carbocycles. The second kappa shape index (κ2) is 8.01. The standard InChI is InChI=1S/C19H21ClN2O3S/c1-19(2,18(23)22-13-14-3-7-16(20)8-4-14)15-5-9-17(10-6-15)26(24,25)12-11-21/h3-11,21H,12-13H2,1-2H3,(H,22,23). The summed E-state index contributed by atoms with van der Waals surface area (Å²) in [7, 11) is -3.50. The molecule has 2 aromatic rings. The van der Waals surface area contributed by atoms with Crippen LogP contribution < -0.4 is 5.32 Å². The van der Waals surface area contributed by atoms with Gasteiger partial charge < -0.3 is 10.7 Å². The van der Waals surface area contributed by atoms with Crippen LogP contribution in [0.2, 0.25) is 5.02 Å². The van der Waals surface area contributed by atoms with Crippen LogP contribution in [-0.2, 0) is 26.6 Å². The highest BCUT2D eigenvalue weighted by molar-refractivity contribution is 7.92. The molecule has 5 nitrogen and oxygen atoms in total. The van der Waals surface area contributed by atoms with Crippen LogP contribution in [0.15, 0.2) is 53.4 Å². The molecule has 0 unspecified atom stereocenters. The van der Waals surface area contributed by atoms with Crippen molar-refractivity contribution in [1.29, 1.82) is 5.41 Å². The molecular formula is C19H21ClN2O3S. The van der Waals surface area contributed by atoms with Crippen LogP contribution in [0.5, 0.6) is 0 Å². The fraction of sp³-hybridized carbons (Fsp3) is 0.263. The van der Waals surface area contributed by atoms with Crippen molar-refractivity contribution in [3.05, 3.63) is 64.7 Å². The average molecular weight is 393 g/mol. The first-order valence-corrected chi connectivity index (χ1v) is 10.0. The quantitative estimate of drug-likeness (QED) is 0.708. The van der Waals surface area contributed by atoms with Crippen molar-refractivity contribution in [2.75, 3.05) is 5.75 Å². The average Bonchev–Trinajstić information content (AvgIpc) is 2.61. The van der Waals surface area contributed by atoms with Gasteiger partial charge in [0.25, 0.3) is 0 Å². The van der Waals surface area contributed by atoms with E-state index in [1.807, 2.05) is 12.1 Å². The normalized spacial score (nSPS) is 11.8. The van der Waals surface area contributed by atoms with E-state index < -0.39 is 15.3 Å². The Kier molecular flexibility index (Phi) is 6.21. The lowest BCUT2D eigenvalue weighted by Crippen LogP contribution is -2.39. The third kappa shape index (κ3) is 4.71. The summed E-state index contributed by atoms with van der Waals surface area (Å²) in [6.45, 7) is 3.95. The smallest absolute Gasteiger partial charge is 0.230 e. The SMILES string of the molecule is CC(C)(C(=O)NCc1ccc(Cl)cc1)c1ccc(S(=O)(=O)CC=N)cc1. The highest BCUT2D eigenvalue weighted by atomic mass is 35.5. The first kappa shape index (κ1) is 20.1. The van der Waals surface area contributed by atoms with Crippen LogP contribution in [0.25, 0.3) is 0 Å². The Balaban J connectivity index is 2.11. The second-order valence-corrected chi connectivity index (χ2v) is 8.91. The van der Waals surface area contributed by atoms with Gasteiger partial charge in [0, 0.05) is 17.8 Å². The molecule has 0 radical (unpaired) electrons. The Hall–Kier alpha value is -2.18. The molecule has 0 fully saturated rings. The van der Waals surface area contributed by atoms with Crippen molar-refractivity contribution >= 4 is 33.6 Å². The summed E-state index contributed by atoms with van der Waals surface area (Å²) in [5.41, 5.74) is 0.822. The minimum absolute atomic E-state index is 0.141. The van der Waals surface area contributed by atoms with E-state index in [0.717, 1.165) is 11.8 Å². The van der Waals surface area contributed by atoms with Crippen molar-refractivity contribution < 1.29 is 13.2 Å². The summed E-state index contributed by atoms with van der Waals surface area (Å²) in [5, 5.41) is 10.5. The van der Waals surface area contributed by atoms with Gasteiger partial charge in [-0.25, -0.2) is 8.42 Å². The Morgan fingerprint density at radius 2 is 1.69 bits per heavy atom. The first-order valence-electron chi connectivity index (χ1n) is 8.02. The molecule has 26 heavy (non-hydrogen) atoms. The number of carbonyl (C=O) groups excluding carboxylic acids is 1. The fourth-order valence-electron chi connectivity index (χ4n) is 2.42. The third-order valence-corrected chi connectivity index (χ3v) is 6.02. The van der Waals surface area contributed by atoms with Gasteiger partial charge >= 0.3 is 0 Å². The maximum Gasteiger partial charge on any atom is 0.230 e. The maximum atomic E-state index is 12.6. The molecule has 7 heteroatoms. The first-order chi connectivity index (χ1) is 12.2. The molecule has 0 aliphatic carbocycles. The molecule has 0 aliphatic heterocycles. The number of carbonyl (C=O) groups is 1. The van der Waals surface area contributed by atoms with E-state index >= 15 is 0 Å². The summed E-state index contributed by atoms with van der Waals surface area (Å²) in [6.07, 6.45) is 0.859. The molecule has 138 valence electrons. The van der Waals surface area contributed by atoms with Crippen molar-refractivity contribution in [2.45, 2.75) is 30.7 Å². The molecule has 0 heterocycles. The van der Waals surface area contributed by atoms with Crippen molar-refractivity contribution in [2.24, 2.45) is 0 Å². The van der Waals surface area contributed by atoms with Gasteiger partial charge in [0.15, 0.2) is 9.84 Å². The summed E-state index contributed by atoms with van der Waals surface area (Å²) in [6, 6.07) is 13.4. The molecule has 0 atom stereocenters. The summed E-state index contributed by atoms with van der Waals surface area (Å²) in [5.74, 6) is -0.500. The Morgan fingerprint density at radius 1 is 1.12 bits per heavy atom. The van der Waals surface area contributed by atoms with Gasteiger partial charge in [-0.1, -0.05) is 35.9 Å². The largest absolute Gasteiger partial charge is 0.351 e. The molecular weight excluding hydrogens is 372 g/mol. The van der Waals surface area contributed by atoms with E-state index in [1.54, 1.807) is 38.1 Å². The van der Waals surface area contributed by atoms with E-state index in [2.05, 4.69) is 5.32 Å². The molecule has 0 bridgehead atoms. The number of nitrogens with one attached hydrogen (secondary N) is 2. The second-order valence-electron chi connectivity index (χ2n) is 6.44. The molecule has 1 amide bonds. The number of rotatable bonds is 7. The Morgan fingerprint density at radius 3 is 2.23 bits per heavy atom. The number of hydrogen-bond donors (Lipinski definition) is 2. The van der Waals surface area contributed by atoms with E-state index in [4.69, 9.17) is 17.0 Å². The fourth-order valence-corrected chi connectivity index (χ4v) is 3.51. The summed E-state index contributed by atoms with van der Waals surface area (Å²) < 4.78 is 23.9. The van der Waals surface area contributed by atoms with Gasteiger partial charge in [0.1, 0.15) is 0 Å². The molecule has 2 N–H and O–H groups in total. The van der Waals surface area contributed by atoms with Gasteiger partial charge in [-0.15, -0.1) is 0 Å². The zero-order valence-corrected chi connectivity index (χ0v) is 16.2. The van der Waals surface area contributed by atoms with Crippen LogP contribution in [0.1, 0.15) is 25.0 Å². The number of amides is 1. The molecule has 0 saturated heterocycles. The van der Waals surface area contributed by atoms with Crippen LogP contribution in [-0.4, -0.2) is 26.3 Å². The highest BCUT2D eigenvalue weighted by Crippen LogP contribution is 2.25. The Labute approximate surface area is 158 Å². The van der Waals surface area contributed by atoms with E-state index in [9.17, 15) is 13.2 Å². The van der Waals surface area contributed by atoms with Gasteiger partial charge in [0.2, 0.25) is 5.91 Å².